The fourth-order valence-electron chi connectivity index (χ4n) is 3.23. The number of carbonyl (C=O) groups excluding carboxylic acids is 3. The van der Waals surface area contributed by atoms with E-state index in [1.165, 1.54) is 4.90 Å². The maximum absolute atomic E-state index is 12.4. The molecule has 0 fully saturated rings. The molecule has 1 aliphatic heterocycles. The van der Waals surface area contributed by atoms with Crippen molar-refractivity contribution in [1.29, 1.82) is 0 Å². The van der Waals surface area contributed by atoms with Crippen LogP contribution in [0.15, 0.2) is 78.9 Å². The number of para-hydroxylation sites is 1. The zero-order chi connectivity index (χ0) is 20.9. The Morgan fingerprint density at radius 1 is 0.733 bits per heavy atom. The van der Waals surface area contributed by atoms with Crippen molar-refractivity contribution in [2.24, 2.45) is 0 Å². The molecule has 6 heteroatoms. The van der Waals surface area contributed by atoms with Crippen LogP contribution in [0.1, 0.15) is 26.3 Å². The molecule has 0 spiro atoms. The number of fused-ring (bicyclic) bond motifs is 1. The molecule has 0 saturated carbocycles. The Morgan fingerprint density at radius 3 is 1.97 bits per heavy atom. The normalized spacial score (nSPS) is 12.6. The molecule has 3 aromatic carbocycles. The summed E-state index contributed by atoms with van der Waals surface area (Å²) in [6.07, 6.45) is 0.511. The highest BCUT2D eigenvalue weighted by Gasteiger charge is 2.34. The summed E-state index contributed by atoms with van der Waals surface area (Å²) in [5, 5.41) is 0. The number of esters is 1. The van der Waals surface area contributed by atoms with Gasteiger partial charge in [0.25, 0.3) is 11.8 Å². The van der Waals surface area contributed by atoms with Crippen molar-refractivity contribution in [2.75, 3.05) is 13.2 Å². The van der Waals surface area contributed by atoms with Crippen LogP contribution in [0.25, 0.3) is 0 Å². The molecule has 0 aliphatic carbocycles. The Morgan fingerprint density at radius 2 is 1.33 bits per heavy atom. The minimum Gasteiger partial charge on any atom is -0.482 e. The molecule has 3 aromatic rings. The average molecular weight is 401 g/mol. The van der Waals surface area contributed by atoms with Crippen LogP contribution in [0.4, 0.5) is 0 Å². The summed E-state index contributed by atoms with van der Waals surface area (Å²) in [4.78, 5) is 38.0. The van der Waals surface area contributed by atoms with Crippen molar-refractivity contribution in [1.82, 2.24) is 4.90 Å². The van der Waals surface area contributed by atoms with Gasteiger partial charge in [-0.25, -0.2) is 4.79 Å². The summed E-state index contributed by atoms with van der Waals surface area (Å²) in [5.74, 6) is -0.0316. The van der Waals surface area contributed by atoms with Gasteiger partial charge in [0.1, 0.15) is 11.5 Å². The summed E-state index contributed by atoms with van der Waals surface area (Å²) in [5.41, 5.74) is 1.82. The highest BCUT2D eigenvalue weighted by atomic mass is 16.6. The van der Waals surface area contributed by atoms with E-state index in [1.807, 2.05) is 18.2 Å². The Kier molecular flexibility index (Phi) is 5.57. The van der Waals surface area contributed by atoms with Gasteiger partial charge in [-0.05, 0) is 48.4 Å². The Bertz CT molecular complexity index is 1040. The lowest BCUT2D eigenvalue weighted by Crippen LogP contribution is -2.31. The number of hydrogen-bond acceptors (Lipinski definition) is 5. The minimum atomic E-state index is -0.502. The van der Waals surface area contributed by atoms with E-state index >= 15 is 0 Å². The monoisotopic (exact) mass is 401 g/mol. The fourth-order valence-corrected chi connectivity index (χ4v) is 3.23. The Labute approximate surface area is 173 Å². The van der Waals surface area contributed by atoms with E-state index in [-0.39, 0.29) is 25.0 Å². The molecular formula is C24H19NO5. The highest BCUT2D eigenvalue weighted by molar-refractivity contribution is 6.21. The summed E-state index contributed by atoms with van der Waals surface area (Å²) in [6, 6.07) is 22.8. The number of ether oxygens (including phenoxy) is 2. The van der Waals surface area contributed by atoms with Gasteiger partial charge >= 0.3 is 5.97 Å². The molecule has 0 N–H and O–H groups in total. The molecular weight excluding hydrogens is 382 g/mol. The van der Waals surface area contributed by atoms with Crippen LogP contribution in [0.3, 0.4) is 0 Å². The first-order chi connectivity index (χ1) is 14.6. The summed E-state index contributed by atoms with van der Waals surface area (Å²) < 4.78 is 10.6. The van der Waals surface area contributed by atoms with Crippen molar-refractivity contribution in [2.45, 2.75) is 6.42 Å². The second kappa shape index (κ2) is 8.61. The largest absolute Gasteiger partial charge is 0.482 e. The van der Waals surface area contributed by atoms with E-state index in [2.05, 4.69) is 0 Å². The van der Waals surface area contributed by atoms with Crippen molar-refractivity contribution in [3.05, 3.63) is 95.6 Å². The van der Waals surface area contributed by atoms with Crippen molar-refractivity contribution in [3.8, 4) is 11.5 Å². The molecule has 30 heavy (non-hydrogen) atoms. The van der Waals surface area contributed by atoms with E-state index in [0.29, 0.717) is 29.0 Å². The lowest BCUT2D eigenvalue weighted by Gasteiger charge is -2.14. The van der Waals surface area contributed by atoms with Crippen LogP contribution in [0.2, 0.25) is 0 Å². The van der Waals surface area contributed by atoms with Crippen LogP contribution in [0, 0.1) is 0 Å². The molecule has 1 heterocycles. The van der Waals surface area contributed by atoms with Gasteiger partial charge in [-0.15, -0.1) is 0 Å². The SMILES string of the molecule is O=C(COc1ccccc1)Oc1ccc(CCN2C(=O)c3ccccc3C2=O)cc1. The van der Waals surface area contributed by atoms with Crippen molar-refractivity contribution in [3.63, 3.8) is 0 Å². The van der Waals surface area contributed by atoms with Gasteiger partial charge in [-0.3, -0.25) is 14.5 Å². The number of imide groups is 1. The predicted octanol–water partition coefficient (Wildman–Crippen LogP) is 3.51. The molecule has 1 aliphatic rings. The number of rotatable bonds is 7. The van der Waals surface area contributed by atoms with Crippen LogP contribution in [0.5, 0.6) is 11.5 Å². The number of benzene rings is 3. The van der Waals surface area contributed by atoms with Crippen molar-refractivity contribution < 1.29 is 23.9 Å². The van der Waals surface area contributed by atoms with Crippen LogP contribution >= 0.6 is 0 Å². The maximum atomic E-state index is 12.4. The van der Waals surface area contributed by atoms with E-state index in [0.717, 1.165) is 5.56 Å². The van der Waals surface area contributed by atoms with Gasteiger partial charge in [-0.1, -0.05) is 42.5 Å². The van der Waals surface area contributed by atoms with Crippen LogP contribution in [-0.2, 0) is 11.2 Å². The smallest absolute Gasteiger partial charge is 0.349 e. The number of amides is 2. The second-order valence-corrected chi connectivity index (χ2v) is 6.78. The van der Waals surface area contributed by atoms with E-state index in [4.69, 9.17) is 9.47 Å². The van der Waals surface area contributed by atoms with Crippen molar-refractivity contribution >= 4 is 17.8 Å². The zero-order valence-electron chi connectivity index (χ0n) is 16.1. The fraction of sp³-hybridized carbons (Fsp3) is 0.125. The van der Waals surface area contributed by atoms with Gasteiger partial charge in [-0.2, -0.15) is 0 Å². The van der Waals surface area contributed by atoms with Gasteiger partial charge in [0.2, 0.25) is 0 Å². The molecule has 2 amide bonds. The molecule has 0 bridgehead atoms. The Balaban J connectivity index is 1.28. The molecule has 150 valence electrons. The molecule has 0 unspecified atom stereocenters. The van der Waals surface area contributed by atoms with E-state index in [1.54, 1.807) is 60.7 Å². The predicted molar refractivity (Wildman–Crippen MR) is 110 cm³/mol. The first-order valence-corrected chi connectivity index (χ1v) is 9.54. The molecule has 0 aromatic heterocycles. The molecule has 6 nitrogen and oxygen atoms in total. The molecule has 4 rings (SSSR count). The summed E-state index contributed by atoms with van der Waals surface area (Å²) in [6.45, 7) is 0.0991. The standard InChI is InChI=1S/C24H19NO5/c26-22(16-29-18-6-2-1-3-7-18)30-19-12-10-17(11-13-19)14-15-25-23(27)20-8-4-5-9-21(20)24(25)28/h1-13H,14-16H2. The molecule has 0 radical (unpaired) electrons. The summed E-state index contributed by atoms with van der Waals surface area (Å²) >= 11 is 0. The maximum Gasteiger partial charge on any atom is 0.349 e. The van der Waals surface area contributed by atoms with E-state index < -0.39 is 5.97 Å². The topological polar surface area (TPSA) is 72.9 Å². The quantitative estimate of drug-likeness (QED) is 0.344. The molecule has 0 saturated heterocycles. The van der Waals surface area contributed by atoms with E-state index in [9.17, 15) is 14.4 Å². The van der Waals surface area contributed by atoms with Gasteiger partial charge in [0, 0.05) is 6.54 Å². The highest BCUT2D eigenvalue weighted by Crippen LogP contribution is 2.23. The third-order valence-electron chi connectivity index (χ3n) is 4.76. The third-order valence-corrected chi connectivity index (χ3v) is 4.76. The number of hydrogen-bond donors (Lipinski definition) is 0. The first kappa shape index (κ1) is 19.4. The lowest BCUT2D eigenvalue weighted by atomic mass is 10.1. The van der Waals surface area contributed by atoms with Gasteiger partial charge in [0.05, 0.1) is 11.1 Å². The zero-order valence-corrected chi connectivity index (χ0v) is 16.1. The van der Waals surface area contributed by atoms with Gasteiger partial charge < -0.3 is 9.47 Å². The lowest BCUT2D eigenvalue weighted by molar-refractivity contribution is -0.136. The average Bonchev–Trinajstić information content (AvgIpc) is 3.03. The number of nitrogens with zero attached hydrogens (tertiary/aromatic N) is 1. The second-order valence-electron chi connectivity index (χ2n) is 6.78. The minimum absolute atomic E-state index is 0.189. The summed E-state index contributed by atoms with van der Waals surface area (Å²) in [7, 11) is 0. The van der Waals surface area contributed by atoms with Crippen LogP contribution < -0.4 is 9.47 Å². The van der Waals surface area contributed by atoms with Crippen LogP contribution in [-0.4, -0.2) is 35.8 Å². The number of carbonyl (C=O) groups is 3. The van der Waals surface area contributed by atoms with Gasteiger partial charge in [0.15, 0.2) is 6.61 Å². The Hall–Kier alpha value is -3.93. The first-order valence-electron chi connectivity index (χ1n) is 9.54. The molecule has 0 atom stereocenters. The third kappa shape index (κ3) is 4.22.